The maximum Gasteiger partial charge on any atom is 0.243 e. The molecule has 0 aromatic rings. The van der Waals surface area contributed by atoms with Gasteiger partial charge >= 0.3 is 0 Å². The van der Waals surface area contributed by atoms with Gasteiger partial charge in [-0.2, -0.15) is 0 Å². The molecular weight excluding hydrogens is 252 g/mol. The van der Waals surface area contributed by atoms with Gasteiger partial charge in [-0.25, -0.2) is 0 Å². The zero-order chi connectivity index (χ0) is 15.1. The summed E-state index contributed by atoms with van der Waals surface area (Å²) in [6.07, 6.45) is 6.95. The molecule has 2 atom stereocenters. The summed E-state index contributed by atoms with van der Waals surface area (Å²) in [7, 11) is 0. The van der Waals surface area contributed by atoms with E-state index in [1.54, 1.807) is 0 Å². The van der Waals surface area contributed by atoms with Gasteiger partial charge in [0.15, 0.2) is 0 Å². The minimum Gasteiger partial charge on any atom is -0.350 e. The number of carbonyl (C=O) groups is 2. The van der Waals surface area contributed by atoms with Gasteiger partial charge < -0.3 is 10.6 Å². The molecule has 1 rings (SSSR count). The van der Waals surface area contributed by atoms with Crippen molar-refractivity contribution in [1.29, 1.82) is 0 Å². The summed E-state index contributed by atoms with van der Waals surface area (Å²) >= 11 is 0. The van der Waals surface area contributed by atoms with Crippen LogP contribution < -0.4 is 10.6 Å². The highest BCUT2D eigenvalue weighted by atomic mass is 16.2. The van der Waals surface area contributed by atoms with Gasteiger partial charge in [-0.1, -0.05) is 13.2 Å². The van der Waals surface area contributed by atoms with E-state index in [-0.39, 0.29) is 23.9 Å². The van der Waals surface area contributed by atoms with E-state index in [9.17, 15) is 9.59 Å². The molecule has 1 saturated carbocycles. The quantitative estimate of drug-likeness (QED) is 0.732. The Kier molecular flexibility index (Phi) is 6.49. The van der Waals surface area contributed by atoms with Gasteiger partial charge in [-0.05, 0) is 63.5 Å². The van der Waals surface area contributed by atoms with Crippen molar-refractivity contribution in [2.75, 3.05) is 0 Å². The van der Waals surface area contributed by atoms with Crippen molar-refractivity contribution >= 4 is 11.8 Å². The molecular formula is C16H26N2O2. The molecule has 0 aromatic carbocycles. The van der Waals surface area contributed by atoms with E-state index in [1.165, 1.54) is 12.2 Å². The number of hydrogen-bond donors (Lipinski definition) is 2. The lowest BCUT2D eigenvalue weighted by Crippen LogP contribution is -2.42. The molecule has 1 fully saturated rings. The molecule has 2 amide bonds. The van der Waals surface area contributed by atoms with Crippen LogP contribution in [0.15, 0.2) is 25.3 Å². The van der Waals surface area contributed by atoms with E-state index >= 15 is 0 Å². The molecule has 0 bridgehead atoms. The Balaban J connectivity index is 2.39. The highest BCUT2D eigenvalue weighted by molar-refractivity contribution is 5.87. The van der Waals surface area contributed by atoms with Crippen LogP contribution >= 0.6 is 0 Å². The SMILES string of the molecule is C=CC(=O)NC(C)C1CCC(C(C)NC(=O)C=C)CC1. The van der Waals surface area contributed by atoms with E-state index < -0.39 is 0 Å². The summed E-state index contributed by atoms with van der Waals surface area (Å²) in [5.41, 5.74) is 0. The molecule has 2 N–H and O–H groups in total. The standard InChI is InChI=1S/C16H26N2O2/c1-5-15(19)17-11(3)13-7-9-14(10-8-13)12(4)18-16(20)6-2/h5-6,11-14H,1-2,7-10H2,3-4H3,(H,17,19)(H,18,20). The normalized spacial score (nSPS) is 25.1. The Morgan fingerprint density at radius 3 is 1.45 bits per heavy atom. The molecule has 0 radical (unpaired) electrons. The molecule has 0 heterocycles. The molecule has 0 spiro atoms. The van der Waals surface area contributed by atoms with Gasteiger partial charge in [0, 0.05) is 12.1 Å². The number of hydrogen-bond acceptors (Lipinski definition) is 2. The lowest BCUT2D eigenvalue weighted by Gasteiger charge is -2.35. The molecule has 1 aliphatic carbocycles. The Morgan fingerprint density at radius 1 is 0.900 bits per heavy atom. The van der Waals surface area contributed by atoms with Gasteiger partial charge in [0.2, 0.25) is 11.8 Å². The molecule has 112 valence electrons. The first-order valence-corrected chi connectivity index (χ1v) is 7.33. The van der Waals surface area contributed by atoms with Crippen LogP contribution in [0, 0.1) is 11.8 Å². The summed E-state index contributed by atoms with van der Waals surface area (Å²) in [6.45, 7) is 11.0. The first kappa shape index (κ1) is 16.5. The fourth-order valence-electron chi connectivity index (χ4n) is 2.95. The van der Waals surface area contributed by atoms with E-state index in [0.717, 1.165) is 25.7 Å². The van der Waals surface area contributed by atoms with Crippen LogP contribution in [-0.2, 0) is 9.59 Å². The zero-order valence-corrected chi connectivity index (χ0v) is 12.5. The Bertz CT molecular complexity index is 335. The number of amides is 2. The maximum absolute atomic E-state index is 11.3. The highest BCUT2D eigenvalue weighted by Gasteiger charge is 2.28. The summed E-state index contributed by atoms with van der Waals surface area (Å²) in [6, 6.07) is 0.360. The van der Waals surface area contributed by atoms with E-state index in [0.29, 0.717) is 11.8 Å². The summed E-state index contributed by atoms with van der Waals surface area (Å²) < 4.78 is 0. The minimum atomic E-state index is -0.105. The average molecular weight is 278 g/mol. The monoisotopic (exact) mass is 278 g/mol. The van der Waals surface area contributed by atoms with Crippen LogP contribution in [-0.4, -0.2) is 23.9 Å². The Labute approximate surface area is 121 Å². The van der Waals surface area contributed by atoms with Crippen molar-refractivity contribution in [3.05, 3.63) is 25.3 Å². The fourth-order valence-corrected chi connectivity index (χ4v) is 2.95. The van der Waals surface area contributed by atoms with Crippen molar-refractivity contribution in [3.63, 3.8) is 0 Å². The summed E-state index contributed by atoms with van der Waals surface area (Å²) in [5, 5.41) is 5.89. The van der Waals surface area contributed by atoms with Crippen LogP contribution in [0.4, 0.5) is 0 Å². The molecule has 0 aliphatic heterocycles. The average Bonchev–Trinajstić information content (AvgIpc) is 2.46. The molecule has 2 unspecified atom stereocenters. The first-order valence-electron chi connectivity index (χ1n) is 7.33. The predicted octanol–water partition coefficient (Wildman–Crippen LogP) is 2.17. The molecule has 1 aliphatic rings. The number of rotatable bonds is 6. The molecule has 4 nitrogen and oxygen atoms in total. The third-order valence-electron chi connectivity index (χ3n) is 4.34. The zero-order valence-electron chi connectivity index (χ0n) is 12.5. The summed E-state index contributed by atoms with van der Waals surface area (Å²) in [5.74, 6) is 0.812. The Morgan fingerprint density at radius 2 is 1.20 bits per heavy atom. The van der Waals surface area contributed by atoms with Crippen LogP contribution in [0.2, 0.25) is 0 Å². The molecule has 0 aromatic heterocycles. The van der Waals surface area contributed by atoms with Gasteiger partial charge in [-0.3, -0.25) is 9.59 Å². The van der Waals surface area contributed by atoms with Crippen molar-refractivity contribution in [1.82, 2.24) is 10.6 Å². The van der Waals surface area contributed by atoms with Gasteiger partial charge in [0.25, 0.3) is 0 Å². The second kappa shape index (κ2) is 7.88. The second-order valence-corrected chi connectivity index (χ2v) is 5.68. The second-order valence-electron chi connectivity index (χ2n) is 5.68. The van der Waals surface area contributed by atoms with Crippen LogP contribution in [0.5, 0.6) is 0 Å². The maximum atomic E-state index is 11.3. The third-order valence-corrected chi connectivity index (χ3v) is 4.34. The topological polar surface area (TPSA) is 58.2 Å². The summed E-state index contributed by atoms with van der Waals surface area (Å²) in [4.78, 5) is 22.6. The van der Waals surface area contributed by atoms with Crippen molar-refractivity contribution in [2.24, 2.45) is 11.8 Å². The van der Waals surface area contributed by atoms with E-state index in [1.807, 2.05) is 0 Å². The van der Waals surface area contributed by atoms with Crippen LogP contribution in [0.25, 0.3) is 0 Å². The van der Waals surface area contributed by atoms with E-state index in [2.05, 4.69) is 37.6 Å². The highest BCUT2D eigenvalue weighted by Crippen LogP contribution is 2.32. The lowest BCUT2D eigenvalue weighted by molar-refractivity contribution is -0.118. The van der Waals surface area contributed by atoms with Crippen molar-refractivity contribution in [3.8, 4) is 0 Å². The third kappa shape index (κ3) is 4.83. The molecule has 0 saturated heterocycles. The fraction of sp³-hybridized carbons (Fsp3) is 0.625. The van der Waals surface area contributed by atoms with Gasteiger partial charge in [0.1, 0.15) is 0 Å². The smallest absolute Gasteiger partial charge is 0.243 e. The number of carbonyl (C=O) groups excluding carboxylic acids is 2. The molecule has 4 heteroatoms. The number of nitrogens with one attached hydrogen (secondary N) is 2. The largest absolute Gasteiger partial charge is 0.350 e. The van der Waals surface area contributed by atoms with Crippen LogP contribution in [0.3, 0.4) is 0 Å². The van der Waals surface area contributed by atoms with Crippen molar-refractivity contribution in [2.45, 2.75) is 51.6 Å². The first-order chi connectivity index (χ1) is 9.47. The molecule has 20 heavy (non-hydrogen) atoms. The predicted molar refractivity (Wildman–Crippen MR) is 81.1 cm³/mol. The van der Waals surface area contributed by atoms with E-state index in [4.69, 9.17) is 0 Å². The van der Waals surface area contributed by atoms with Crippen LogP contribution in [0.1, 0.15) is 39.5 Å². The Hall–Kier alpha value is -1.58. The van der Waals surface area contributed by atoms with Crippen molar-refractivity contribution < 1.29 is 9.59 Å². The van der Waals surface area contributed by atoms with Gasteiger partial charge in [0.05, 0.1) is 0 Å². The lowest BCUT2D eigenvalue weighted by atomic mass is 9.76. The van der Waals surface area contributed by atoms with Gasteiger partial charge in [-0.15, -0.1) is 0 Å². The minimum absolute atomic E-state index is 0.105.